The Balaban J connectivity index is 1.39. The van der Waals surface area contributed by atoms with Gasteiger partial charge < -0.3 is 23.9 Å². The number of amides is 2. The summed E-state index contributed by atoms with van der Waals surface area (Å²) in [6.45, 7) is 1.92. The average molecular weight is 530 g/mol. The molecule has 0 aliphatic heterocycles. The number of hydrogen-bond acceptors (Lipinski definition) is 6. The standard InChI is InChI=1S/C30H31N3O6/c1-21-27(31-29(39-21)23-9-5-4-6-10-23)16-17-38-26-11-7-8-22(18-26)19-33(20-28(34)35)30(36)32(2)24-12-14-25(37-3)15-13-24/h4-15,18H,16-17,19-20H2,1-3H3,(H,34,35). The molecule has 0 spiro atoms. The lowest BCUT2D eigenvalue weighted by atomic mass is 10.2. The molecule has 2 amide bonds. The second kappa shape index (κ2) is 12.6. The minimum atomic E-state index is -1.10. The van der Waals surface area contributed by atoms with Gasteiger partial charge in [0, 0.05) is 31.3 Å². The lowest BCUT2D eigenvalue weighted by Crippen LogP contribution is -2.43. The zero-order chi connectivity index (χ0) is 27.8. The number of carboxylic acid groups (broad SMARTS) is 1. The van der Waals surface area contributed by atoms with E-state index in [9.17, 15) is 14.7 Å². The van der Waals surface area contributed by atoms with E-state index in [1.807, 2.05) is 55.5 Å². The minimum absolute atomic E-state index is 0.103. The highest BCUT2D eigenvalue weighted by Gasteiger charge is 2.22. The minimum Gasteiger partial charge on any atom is -0.497 e. The topological polar surface area (TPSA) is 105 Å². The van der Waals surface area contributed by atoms with Crippen LogP contribution in [0.3, 0.4) is 0 Å². The van der Waals surface area contributed by atoms with Crippen LogP contribution in [0.2, 0.25) is 0 Å². The summed E-state index contributed by atoms with van der Waals surface area (Å²) in [5, 5.41) is 9.44. The van der Waals surface area contributed by atoms with Gasteiger partial charge in [-0.2, -0.15) is 0 Å². The van der Waals surface area contributed by atoms with Crippen molar-refractivity contribution >= 4 is 17.7 Å². The van der Waals surface area contributed by atoms with Crippen LogP contribution in [0, 0.1) is 6.92 Å². The second-order valence-corrected chi connectivity index (χ2v) is 8.92. The quantitative estimate of drug-likeness (QED) is 0.276. The molecule has 1 heterocycles. The van der Waals surface area contributed by atoms with Gasteiger partial charge in [-0.3, -0.25) is 9.69 Å². The molecular formula is C30H31N3O6. The molecule has 0 saturated carbocycles. The van der Waals surface area contributed by atoms with E-state index in [1.54, 1.807) is 44.5 Å². The zero-order valence-electron chi connectivity index (χ0n) is 22.2. The summed E-state index contributed by atoms with van der Waals surface area (Å²) in [6.07, 6.45) is 0.558. The molecule has 0 aliphatic carbocycles. The third-order valence-corrected chi connectivity index (χ3v) is 6.14. The van der Waals surface area contributed by atoms with E-state index in [-0.39, 0.29) is 6.54 Å². The highest BCUT2D eigenvalue weighted by atomic mass is 16.5. The molecule has 0 fully saturated rings. The van der Waals surface area contributed by atoms with Crippen LogP contribution in [0.1, 0.15) is 17.0 Å². The molecule has 1 aromatic heterocycles. The van der Waals surface area contributed by atoms with Crippen LogP contribution >= 0.6 is 0 Å². The fourth-order valence-electron chi connectivity index (χ4n) is 4.07. The summed E-state index contributed by atoms with van der Waals surface area (Å²) in [5.74, 6) is 1.50. The molecule has 39 heavy (non-hydrogen) atoms. The summed E-state index contributed by atoms with van der Waals surface area (Å²) >= 11 is 0. The van der Waals surface area contributed by atoms with Crippen molar-refractivity contribution in [3.05, 3.63) is 95.9 Å². The smallest absolute Gasteiger partial charge is 0.325 e. The van der Waals surface area contributed by atoms with Crippen molar-refractivity contribution < 1.29 is 28.6 Å². The van der Waals surface area contributed by atoms with Crippen molar-refractivity contribution in [2.75, 3.05) is 32.2 Å². The zero-order valence-corrected chi connectivity index (χ0v) is 22.2. The summed E-state index contributed by atoms with van der Waals surface area (Å²) < 4.78 is 16.9. The van der Waals surface area contributed by atoms with E-state index < -0.39 is 18.5 Å². The van der Waals surface area contributed by atoms with E-state index in [1.165, 1.54) is 9.80 Å². The molecule has 0 saturated heterocycles. The van der Waals surface area contributed by atoms with Crippen LogP contribution in [0.15, 0.2) is 83.3 Å². The Bertz CT molecular complexity index is 1400. The molecule has 4 aromatic rings. The fraction of sp³-hybridized carbons (Fsp3) is 0.233. The van der Waals surface area contributed by atoms with Crippen molar-refractivity contribution in [2.24, 2.45) is 0 Å². The van der Waals surface area contributed by atoms with Crippen LogP contribution in [0.5, 0.6) is 11.5 Å². The first-order valence-electron chi connectivity index (χ1n) is 12.5. The number of aryl methyl sites for hydroxylation is 1. The van der Waals surface area contributed by atoms with E-state index in [0.717, 1.165) is 22.6 Å². The molecule has 0 unspecified atom stereocenters. The van der Waals surface area contributed by atoms with Gasteiger partial charge in [0.2, 0.25) is 5.89 Å². The summed E-state index contributed by atoms with van der Waals surface area (Å²) in [6, 6.07) is 23.5. The van der Waals surface area contributed by atoms with Gasteiger partial charge in [-0.1, -0.05) is 30.3 Å². The van der Waals surface area contributed by atoms with E-state index in [4.69, 9.17) is 13.9 Å². The SMILES string of the molecule is COc1ccc(N(C)C(=O)N(CC(=O)O)Cc2cccc(OCCc3nc(-c4ccccc4)oc3C)c2)cc1. The van der Waals surface area contributed by atoms with Crippen LogP contribution in [0.4, 0.5) is 10.5 Å². The maximum Gasteiger partial charge on any atom is 0.325 e. The van der Waals surface area contributed by atoms with Crippen molar-refractivity contribution in [2.45, 2.75) is 19.9 Å². The van der Waals surface area contributed by atoms with E-state index >= 15 is 0 Å². The van der Waals surface area contributed by atoms with Gasteiger partial charge in [0.15, 0.2) is 0 Å². The number of rotatable bonds is 11. The number of oxazole rings is 1. The Morgan fingerprint density at radius 2 is 1.72 bits per heavy atom. The van der Waals surface area contributed by atoms with Gasteiger partial charge in [-0.25, -0.2) is 9.78 Å². The highest BCUT2D eigenvalue weighted by Crippen LogP contribution is 2.23. The molecule has 202 valence electrons. The number of anilines is 1. The number of aliphatic carboxylic acids is 1. The van der Waals surface area contributed by atoms with Crippen LogP contribution in [-0.4, -0.2) is 54.3 Å². The third-order valence-electron chi connectivity index (χ3n) is 6.14. The summed E-state index contributed by atoms with van der Waals surface area (Å²) in [7, 11) is 3.17. The van der Waals surface area contributed by atoms with Crippen molar-refractivity contribution in [3.8, 4) is 23.0 Å². The maximum atomic E-state index is 13.2. The number of aromatic nitrogens is 1. The van der Waals surface area contributed by atoms with E-state index in [0.29, 0.717) is 36.1 Å². The van der Waals surface area contributed by atoms with Gasteiger partial charge >= 0.3 is 12.0 Å². The lowest BCUT2D eigenvalue weighted by Gasteiger charge is -2.27. The monoisotopic (exact) mass is 529 g/mol. The first kappa shape index (κ1) is 27.3. The Labute approximate surface area is 227 Å². The molecule has 4 rings (SSSR count). The third kappa shape index (κ3) is 7.16. The molecule has 0 radical (unpaired) electrons. The number of nitrogens with zero attached hydrogens (tertiary/aromatic N) is 3. The van der Waals surface area contributed by atoms with Crippen molar-refractivity contribution in [1.29, 1.82) is 0 Å². The van der Waals surface area contributed by atoms with Gasteiger partial charge in [-0.15, -0.1) is 0 Å². The van der Waals surface area contributed by atoms with Crippen LogP contribution < -0.4 is 14.4 Å². The van der Waals surface area contributed by atoms with Crippen molar-refractivity contribution in [3.63, 3.8) is 0 Å². The Morgan fingerprint density at radius 3 is 2.41 bits per heavy atom. The van der Waals surface area contributed by atoms with Crippen molar-refractivity contribution in [1.82, 2.24) is 9.88 Å². The average Bonchev–Trinajstić information content (AvgIpc) is 3.32. The molecule has 1 N–H and O–H groups in total. The van der Waals surface area contributed by atoms with Crippen LogP contribution in [0.25, 0.3) is 11.5 Å². The second-order valence-electron chi connectivity index (χ2n) is 8.92. The van der Waals surface area contributed by atoms with Gasteiger partial charge in [-0.05, 0) is 61.0 Å². The van der Waals surface area contributed by atoms with Gasteiger partial charge in [0.25, 0.3) is 0 Å². The number of carbonyl (C=O) groups is 2. The largest absolute Gasteiger partial charge is 0.497 e. The first-order valence-corrected chi connectivity index (χ1v) is 12.5. The molecule has 3 aromatic carbocycles. The fourth-order valence-corrected chi connectivity index (χ4v) is 4.07. The number of methoxy groups -OCH3 is 1. The summed E-state index contributed by atoms with van der Waals surface area (Å²) in [4.78, 5) is 32.0. The normalized spacial score (nSPS) is 10.6. The number of benzene rings is 3. The lowest BCUT2D eigenvalue weighted by molar-refractivity contribution is -0.137. The Kier molecular flexibility index (Phi) is 8.83. The summed E-state index contributed by atoms with van der Waals surface area (Å²) in [5.41, 5.74) is 3.10. The first-order chi connectivity index (χ1) is 18.8. The number of ether oxygens (including phenoxy) is 2. The molecule has 9 heteroatoms. The molecular weight excluding hydrogens is 498 g/mol. The number of urea groups is 1. The number of carbonyl (C=O) groups excluding carboxylic acids is 1. The predicted octanol–water partition coefficient (Wildman–Crippen LogP) is 5.42. The van der Waals surface area contributed by atoms with Gasteiger partial charge in [0.1, 0.15) is 23.8 Å². The molecule has 0 atom stereocenters. The maximum absolute atomic E-state index is 13.2. The predicted molar refractivity (Wildman–Crippen MR) is 147 cm³/mol. The Hall–Kier alpha value is -4.79. The molecule has 0 bridgehead atoms. The molecule has 0 aliphatic rings. The number of carboxylic acids is 1. The highest BCUT2D eigenvalue weighted by molar-refractivity contribution is 5.93. The van der Waals surface area contributed by atoms with E-state index in [2.05, 4.69) is 4.98 Å². The number of hydrogen-bond donors (Lipinski definition) is 1. The Morgan fingerprint density at radius 1 is 0.974 bits per heavy atom. The van der Waals surface area contributed by atoms with Gasteiger partial charge in [0.05, 0.1) is 19.4 Å². The van der Waals surface area contributed by atoms with Crippen LogP contribution in [-0.2, 0) is 17.8 Å². The molecule has 9 nitrogen and oxygen atoms in total.